The van der Waals surface area contributed by atoms with Gasteiger partial charge in [-0.3, -0.25) is 25.1 Å². The van der Waals surface area contributed by atoms with Gasteiger partial charge in [-0.25, -0.2) is 4.99 Å². The molecule has 9 nitrogen and oxygen atoms in total. The second kappa shape index (κ2) is 10.9. The maximum Gasteiger partial charge on any atom is 0.279 e. The lowest BCUT2D eigenvalue weighted by Crippen LogP contribution is -2.44. The van der Waals surface area contributed by atoms with Crippen molar-refractivity contribution < 1.29 is 19.1 Å². The van der Waals surface area contributed by atoms with Crippen LogP contribution in [0.2, 0.25) is 0 Å². The topological polar surface area (TPSA) is 133 Å². The highest BCUT2D eigenvalue weighted by atomic mass is 32.2. The number of ether oxygens (including phenoxy) is 1. The molecule has 1 aromatic carbocycles. The summed E-state index contributed by atoms with van der Waals surface area (Å²) in [5.41, 5.74) is -0.102. The van der Waals surface area contributed by atoms with E-state index in [1.165, 1.54) is 18.6 Å². The first kappa shape index (κ1) is 22.7. The van der Waals surface area contributed by atoms with E-state index >= 15 is 0 Å². The number of thioether (sulfide) groups is 1. The van der Waals surface area contributed by atoms with E-state index in [-0.39, 0.29) is 34.1 Å². The Morgan fingerprint density at radius 1 is 1.26 bits per heavy atom. The number of hydrogen-bond donors (Lipinski definition) is 3. The molecule has 2 aliphatic rings. The number of hydrogen-bond acceptors (Lipinski definition) is 6. The summed E-state index contributed by atoms with van der Waals surface area (Å²) >= 11 is 1.04. The van der Waals surface area contributed by atoms with E-state index in [1.54, 1.807) is 12.1 Å². The Labute approximate surface area is 184 Å². The van der Waals surface area contributed by atoms with Gasteiger partial charge in [0.15, 0.2) is 16.7 Å². The summed E-state index contributed by atoms with van der Waals surface area (Å²) in [7, 11) is 0. The van der Waals surface area contributed by atoms with Gasteiger partial charge in [0.1, 0.15) is 5.75 Å². The van der Waals surface area contributed by atoms with Crippen molar-refractivity contribution >= 4 is 46.2 Å². The van der Waals surface area contributed by atoms with Gasteiger partial charge in [0, 0.05) is 11.6 Å². The summed E-state index contributed by atoms with van der Waals surface area (Å²) in [6, 6.07) is 6.55. The number of benzene rings is 1. The Bertz CT molecular complexity index is 920. The second-order valence-electron chi connectivity index (χ2n) is 7.13. The van der Waals surface area contributed by atoms with E-state index < -0.39 is 17.6 Å². The van der Waals surface area contributed by atoms with E-state index in [0.717, 1.165) is 37.4 Å². The van der Waals surface area contributed by atoms with Crippen molar-refractivity contribution in [3.05, 3.63) is 29.8 Å². The van der Waals surface area contributed by atoms with Crippen molar-refractivity contribution in [1.29, 1.82) is 5.41 Å². The van der Waals surface area contributed by atoms with Crippen molar-refractivity contribution in [2.24, 2.45) is 9.98 Å². The highest BCUT2D eigenvalue weighted by Crippen LogP contribution is 2.18. The first-order chi connectivity index (χ1) is 15.0. The predicted octanol–water partition coefficient (Wildman–Crippen LogP) is 2.31. The van der Waals surface area contributed by atoms with Crippen LogP contribution in [-0.4, -0.2) is 52.8 Å². The molecule has 1 aromatic rings. The highest BCUT2D eigenvalue weighted by Gasteiger charge is 2.26. The summed E-state index contributed by atoms with van der Waals surface area (Å²) in [6.07, 6.45) is 5.42. The first-order valence-corrected chi connectivity index (χ1v) is 11.2. The van der Waals surface area contributed by atoms with Crippen molar-refractivity contribution in [2.75, 3.05) is 12.4 Å². The predicted molar refractivity (Wildman–Crippen MR) is 120 cm³/mol. The fraction of sp³-hybridized carbons (Fsp3) is 0.429. The quantitative estimate of drug-likeness (QED) is 0.620. The third-order valence-corrected chi connectivity index (χ3v) is 5.68. The molecule has 0 bridgehead atoms. The number of nitrogens with zero attached hydrogens (tertiary/aromatic N) is 2. The number of aliphatic imine (C=N–C) groups is 2. The molecule has 1 aliphatic heterocycles. The molecule has 1 saturated carbocycles. The largest absolute Gasteiger partial charge is 0.494 e. The molecule has 1 aliphatic carbocycles. The zero-order chi connectivity index (χ0) is 22.2. The molecule has 31 heavy (non-hydrogen) atoms. The standard InChI is InChI=1S/C21H25N5O4S/c1-2-30-15-10-8-13(9-11-15)19(28)24-17-18(22)25-21(26-20(17)29)31-12-16(27)23-14-6-4-3-5-7-14/h8-11,14H,2-7,12H2,1H3,(H,23,27)(H2,22,25,26,29). The molecule has 0 saturated heterocycles. The molecule has 3 rings (SSSR count). The number of amides is 3. The fourth-order valence-electron chi connectivity index (χ4n) is 3.30. The van der Waals surface area contributed by atoms with Crippen molar-refractivity contribution in [3.63, 3.8) is 0 Å². The normalized spacial score (nSPS) is 18.4. The molecule has 3 N–H and O–H groups in total. The lowest BCUT2D eigenvalue weighted by Gasteiger charge is -2.22. The van der Waals surface area contributed by atoms with Crippen LogP contribution in [-0.2, 0) is 9.59 Å². The van der Waals surface area contributed by atoms with Crippen molar-refractivity contribution in [3.8, 4) is 5.75 Å². The van der Waals surface area contributed by atoms with Crippen LogP contribution < -0.4 is 15.4 Å². The van der Waals surface area contributed by atoms with Crippen LogP contribution in [0.15, 0.2) is 34.3 Å². The molecule has 0 radical (unpaired) electrons. The van der Waals surface area contributed by atoms with Gasteiger partial charge in [-0.15, -0.1) is 0 Å². The second-order valence-corrected chi connectivity index (χ2v) is 8.10. The van der Waals surface area contributed by atoms with Crippen LogP contribution in [0, 0.1) is 5.41 Å². The number of amidine groups is 2. The summed E-state index contributed by atoms with van der Waals surface area (Å²) in [4.78, 5) is 44.5. The average molecular weight is 444 g/mol. The third kappa shape index (κ3) is 6.48. The van der Waals surface area contributed by atoms with Gasteiger partial charge in [0.25, 0.3) is 11.8 Å². The highest BCUT2D eigenvalue weighted by molar-refractivity contribution is 8.14. The monoisotopic (exact) mass is 443 g/mol. The molecule has 10 heteroatoms. The molecule has 0 spiro atoms. The van der Waals surface area contributed by atoms with Crippen LogP contribution in [0.1, 0.15) is 49.4 Å². The van der Waals surface area contributed by atoms with Gasteiger partial charge in [-0.2, -0.15) is 4.99 Å². The summed E-state index contributed by atoms with van der Waals surface area (Å²) in [6.45, 7) is 2.36. The minimum Gasteiger partial charge on any atom is -0.494 e. The minimum absolute atomic E-state index is 0.0838. The molecular formula is C21H25N5O4S. The summed E-state index contributed by atoms with van der Waals surface area (Å²) < 4.78 is 5.32. The molecule has 164 valence electrons. The molecule has 0 aromatic heterocycles. The number of carbonyl (C=O) groups excluding carboxylic acids is 3. The van der Waals surface area contributed by atoms with Gasteiger partial charge < -0.3 is 10.1 Å². The van der Waals surface area contributed by atoms with E-state index in [1.807, 2.05) is 6.92 Å². The van der Waals surface area contributed by atoms with Crippen LogP contribution in [0.3, 0.4) is 0 Å². The van der Waals surface area contributed by atoms with Gasteiger partial charge >= 0.3 is 0 Å². The van der Waals surface area contributed by atoms with E-state index in [4.69, 9.17) is 10.1 Å². The van der Waals surface area contributed by atoms with Crippen LogP contribution in [0.4, 0.5) is 0 Å². The zero-order valence-electron chi connectivity index (χ0n) is 17.3. The molecule has 1 fully saturated rings. The van der Waals surface area contributed by atoms with Gasteiger partial charge in [0.05, 0.1) is 12.4 Å². The van der Waals surface area contributed by atoms with Crippen molar-refractivity contribution in [2.45, 2.75) is 45.1 Å². The van der Waals surface area contributed by atoms with E-state index in [0.29, 0.717) is 12.4 Å². The number of rotatable bonds is 6. The smallest absolute Gasteiger partial charge is 0.279 e. The average Bonchev–Trinajstić information content (AvgIpc) is 2.76. The molecule has 0 unspecified atom stereocenters. The van der Waals surface area contributed by atoms with Gasteiger partial charge in [0.2, 0.25) is 5.91 Å². The summed E-state index contributed by atoms with van der Waals surface area (Å²) in [5, 5.41) is 13.6. The Balaban J connectivity index is 1.57. The molecular weight excluding hydrogens is 418 g/mol. The molecule has 3 amide bonds. The van der Waals surface area contributed by atoms with Crippen LogP contribution >= 0.6 is 11.8 Å². The SMILES string of the molecule is CCOc1ccc(C(=O)N=C2C(=N)N=C(SCC(=O)NC3CCCCC3)NC2=O)cc1. The Hall–Kier alpha value is -3.01. The van der Waals surface area contributed by atoms with E-state index in [9.17, 15) is 14.4 Å². The van der Waals surface area contributed by atoms with Crippen LogP contribution in [0.25, 0.3) is 0 Å². The lowest BCUT2D eigenvalue weighted by atomic mass is 9.95. The Morgan fingerprint density at radius 3 is 2.61 bits per heavy atom. The maximum absolute atomic E-state index is 12.3. The fourth-order valence-corrected chi connectivity index (χ4v) is 3.97. The molecule has 1 heterocycles. The lowest BCUT2D eigenvalue weighted by molar-refractivity contribution is -0.119. The van der Waals surface area contributed by atoms with Gasteiger partial charge in [-0.05, 0) is 44.0 Å². The van der Waals surface area contributed by atoms with Crippen LogP contribution in [0.5, 0.6) is 5.75 Å². The van der Waals surface area contributed by atoms with E-state index in [2.05, 4.69) is 20.6 Å². The number of nitrogens with one attached hydrogen (secondary N) is 3. The maximum atomic E-state index is 12.3. The first-order valence-electron chi connectivity index (χ1n) is 10.2. The minimum atomic E-state index is -0.700. The zero-order valence-corrected chi connectivity index (χ0v) is 18.1. The third-order valence-electron chi connectivity index (χ3n) is 4.81. The van der Waals surface area contributed by atoms with Gasteiger partial charge in [-0.1, -0.05) is 31.0 Å². The van der Waals surface area contributed by atoms with Crippen molar-refractivity contribution in [1.82, 2.24) is 10.6 Å². The number of carbonyl (C=O) groups is 3. The molecule has 0 atom stereocenters. The Kier molecular flexibility index (Phi) is 7.94. The summed E-state index contributed by atoms with van der Waals surface area (Å²) in [5.74, 6) is -1.21. The Morgan fingerprint density at radius 2 is 1.97 bits per heavy atom.